The molecular formula is C23H29BrClN3O4S. The zero-order valence-electron chi connectivity index (χ0n) is 19.1. The molecule has 2 atom stereocenters. The molecule has 0 aliphatic carbocycles. The van der Waals surface area contributed by atoms with Gasteiger partial charge in [0.25, 0.3) is 0 Å². The second kappa shape index (κ2) is 11.9. The molecule has 2 aromatic rings. The highest BCUT2D eigenvalue weighted by Gasteiger charge is 2.30. The highest BCUT2D eigenvalue weighted by molar-refractivity contribution is 9.10. The Hall–Kier alpha value is -2.10. The molecule has 10 heteroatoms. The summed E-state index contributed by atoms with van der Waals surface area (Å²) in [5.74, 6) is -0.800. The van der Waals surface area contributed by atoms with Crippen molar-refractivity contribution in [2.24, 2.45) is 0 Å². The molecule has 0 fully saturated rings. The fourth-order valence-corrected chi connectivity index (χ4v) is 4.30. The zero-order valence-corrected chi connectivity index (χ0v) is 22.2. The van der Waals surface area contributed by atoms with Crippen molar-refractivity contribution in [1.29, 1.82) is 0 Å². The first-order valence-corrected chi connectivity index (χ1v) is 13.5. The standard InChI is InChI=1S/C23H29BrClN3O4S/c1-5-16(2)26-23(30)17(3)27(14-18-6-10-20(25)11-7-18)22(29)15-28(33(4,31)32)21-12-8-19(24)9-13-21/h6-13,16-17H,5,14-15H2,1-4H3,(H,26,30)/t16-,17-/m1/s1. The van der Waals surface area contributed by atoms with Crippen LogP contribution >= 0.6 is 27.5 Å². The summed E-state index contributed by atoms with van der Waals surface area (Å²) in [7, 11) is -3.75. The lowest BCUT2D eigenvalue weighted by atomic mass is 10.1. The fourth-order valence-electron chi connectivity index (χ4n) is 3.06. The van der Waals surface area contributed by atoms with Crippen LogP contribution in [0, 0.1) is 0 Å². The molecule has 0 radical (unpaired) electrons. The Morgan fingerprint density at radius 3 is 2.15 bits per heavy atom. The van der Waals surface area contributed by atoms with Crippen LogP contribution in [0.15, 0.2) is 53.0 Å². The summed E-state index contributed by atoms with van der Waals surface area (Å²) in [4.78, 5) is 27.6. The van der Waals surface area contributed by atoms with Gasteiger partial charge in [-0.25, -0.2) is 8.42 Å². The van der Waals surface area contributed by atoms with Gasteiger partial charge in [-0.1, -0.05) is 46.6 Å². The first-order chi connectivity index (χ1) is 15.4. The molecular weight excluding hydrogens is 530 g/mol. The number of sulfonamides is 1. The van der Waals surface area contributed by atoms with Crippen LogP contribution in [0.1, 0.15) is 32.8 Å². The van der Waals surface area contributed by atoms with Crippen LogP contribution in [0.4, 0.5) is 5.69 Å². The Bertz CT molecular complexity index is 1060. The predicted molar refractivity (Wildman–Crippen MR) is 136 cm³/mol. The monoisotopic (exact) mass is 557 g/mol. The van der Waals surface area contributed by atoms with E-state index in [2.05, 4.69) is 21.2 Å². The zero-order chi connectivity index (χ0) is 24.8. The van der Waals surface area contributed by atoms with Crippen molar-refractivity contribution in [3.8, 4) is 0 Å². The normalized spacial score (nSPS) is 13.2. The van der Waals surface area contributed by atoms with Crippen LogP contribution < -0.4 is 9.62 Å². The van der Waals surface area contributed by atoms with E-state index < -0.39 is 28.5 Å². The Morgan fingerprint density at radius 1 is 1.06 bits per heavy atom. The number of carbonyl (C=O) groups is 2. The number of nitrogens with one attached hydrogen (secondary N) is 1. The average Bonchev–Trinajstić information content (AvgIpc) is 2.76. The molecule has 0 heterocycles. The van der Waals surface area contributed by atoms with E-state index in [1.807, 2.05) is 13.8 Å². The summed E-state index contributed by atoms with van der Waals surface area (Å²) in [6, 6.07) is 12.7. The molecule has 0 saturated carbocycles. The van der Waals surface area contributed by atoms with Crippen molar-refractivity contribution in [2.45, 2.75) is 45.8 Å². The van der Waals surface area contributed by atoms with Crippen molar-refractivity contribution in [1.82, 2.24) is 10.2 Å². The first kappa shape index (κ1) is 27.1. The smallest absolute Gasteiger partial charge is 0.244 e. The fraction of sp³-hybridized carbons (Fsp3) is 0.391. The lowest BCUT2D eigenvalue weighted by molar-refractivity contribution is -0.139. The minimum atomic E-state index is -3.75. The lowest BCUT2D eigenvalue weighted by Gasteiger charge is -2.32. The predicted octanol–water partition coefficient (Wildman–Crippen LogP) is 4.20. The van der Waals surface area contributed by atoms with Gasteiger partial charge in [0.1, 0.15) is 12.6 Å². The van der Waals surface area contributed by atoms with E-state index >= 15 is 0 Å². The van der Waals surface area contributed by atoms with Crippen LogP contribution in [0.25, 0.3) is 0 Å². The molecule has 0 aliphatic heterocycles. The topological polar surface area (TPSA) is 86.8 Å². The van der Waals surface area contributed by atoms with E-state index in [9.17, 15) is 18.0 Å². The van der Waals surface area contributed by atoms with Crippen molar-refractivity contribution >= 4 is 55.1 Å². The maximum Gasteiger partial charge on any atom is 0.244 e. The summed E-state index contributed by atoms with van der Waals surface area (Å²) in [5, 5.41) is 3.44. The average molecular weight is 559 g/mol. The van der Waals surface area contributed by atoms with Gasteiger partial charge in [-0.2, -0.15) is 0 Å². The van der Waals surface area contributed by atoms with Crippen molar-refractivity contribution in [3.05, 3.63) is 63.6 Å². The van der Waals surface area contributed by atoms with E-state index in [-0.39, 0.29) is 18.5 Å². The number of nitrogens with zero attached hydrogens (tertiary/aromatic N) is 2. The third-order valence-electron chi connectivity index (χ3n) is 5.23. The molecule has 2 aromatic carbocycles. The minimum absolute atomic E-state index is 0.0530. The molecule has 0 spiro atoms. The second-order valence-electron chi connectivity index (χ2n) is 7.89. The maximum atomic E-state index is 13.4. The van der Waals surface area contributed by atoms with Gasteiger partial charge in [0.15, 0.2) is 0 Å². The Kier molecular flexibility index (Phi) is 9.75. The number of rotatable bonds is 10. The third kappa shape index (κ3) is 8.01. The van der Waals surface area contributed by atoms with Crippen LogP contribution in [0.2, 0.25) is 5.02 Å². The molecule has 33 heavy (non-hydrogen) atoms. The maximum absolute atomic E-state index is 13.4. The van der Waals surface area contributed by atoms with Gasteiger partial charge in [-0.15, -0.1) is 0 Å². The summed E-state index contributed by atoms with van der Waals surface area (Å²) in [6.07, 6.45) is 1.79. The van der Waals surface area contributed by atoms with Crippen LogP contribution in [-0.4, -0.2) is 50.0 Å². The molecule has 1 N–H and O–H groups in total. The van der Waals surface area contributed by atoms with E-state index in [4.69, 9.17) is 11.6 Å². The van der Waals surface area contributed by atoms with E-state index in [1.54, 1.807) is 55.5 Å². The molecule has 0 aliphatic rings. The van der Waals surface area contributed by atoms with Gasteiger partial charge in [0.2, 0.25) is 21.8 Å². The first-order valence-electron chi connectivity index (χ1n) is 10.5. The number of anilines is 1. The summed E-state index contributed by atoms with van der Waals surface area (Å²) >= 11 is 9.30. The molecule has 0 bridgehead atoms. The molecule has 0 saturated heterocycles. The number of hydrogen-bond donors (Lipinski definition) is 1. The van der Waals surface area contributed by atoms with E-state index in [0.29, 0.717) is 10.7 Å². The van der Waals surface area contributed by atoms with Gasteiger partial charge in [0, 0.05) is 22.1 Å². The molecule has 0 unspecified atom stereocenters. The highest BCUT2D eigenvalue weighted by atomic mass is 79.9. The third-order valence-corrected chi connectivity index (χ3v) is 7.15. The Balaban J connectivity index is 2.36. The van der Waals surface area contributed by atoms with E-state index in [0.717, 1.165) is 27.0 Å². The van der Waals surface area contributed by atoms with Gasteiger partial charge in [-0.3, -0.25) is 13.9 Å². The van der Waals surface area contributed by atoms with Gasteiger partial charge >= 0.3 is 0 Å². The Labute approximate surface area is 209 Å². The van der Waals surface area contributed by atoms with Crippen molar-refractivity contribution in [2.75, 3.05) is 17.1 Å². The number of hydrogen-bond acceptors (Lipinski definition) is 4. The SMILES string of the molecule is CC[C@@H](C)NC(=O)[C@@H](C)N(Cc1ccc(Cl)cc1)C(=O)CN(c1ccc(Br)cc1)S(C)(=O)=O. The lowest BCUT2D eigenvalue weighted by Crippen LogP contribution is -2.52. The van der Waals surface area contributed by atoms with Crippen LogP contribution in [0.3, 0.4) is 0 Å². The minimum Gasteiger partial charge on any atom is -0.352 e. The highest BCUT2D eigenvalue weighted by Crippen LogP contribution is 2.22. The number of amides is 2. The molecule has 0 aromatic heterocycles. The number of carbonyl (C=O) groups excluding carboxylic acids is 2. The number of benzene rings is 2. The van der Waals surface area contributed by atoms with Crippen LogP contribution in [0.5, 0.6) is 0 Å². The van der Waals surface area contributed by atoms with Crippen LogP contribution in [-0.2, 0) is 26.2 Å². The molecule has 2 rings (SSSR count). The van der Waals surface area contributed by atoms with Gasteiger partial charge in [0.05, 0.1) is 11.9 Å². The summed E-state index contributed by atoms with van der Waals surface area (Å²) in [6.45, 7) is 5.16. The molecule has 2 amide bonds. The summed E-state index contributed by atoms with van der Waals surface area (Å²) in [5.41, 5.74) is 1.13. The quantitative estimate of drug-likeness (QED) is 0.474. The van der Waals surface area contributed by atoms with Gasteiger partial charge in [-0.05, 0) is 62.2 Å². The second-order valence-corrected chi connectivity index (χ2v) is 11.1. The van der Waals surface area contributed by atoms with Crippen molar-refractivity contribution in [3.63, 3.8) is 0 Å². The Morgan fingerprint density at radius 2 is 1.64 bits per heavy atom. The van der Waals surface area contributed by atoms with Crippen molar-refractivity contribution < 1.29 is 18.0 Å². The number of halogens is 2. The summed E-state index contributed by atoms with van der Waals surface area (Å²) < 4.78 is 26.8. The molecule has 7 nitrogen and oxygen atoms in total. The molecule has 180 valence electrons. The van der Waals surface area contributed by atoms with Gasteiger partial charge < -0.3 is 10.2 Å². The van der Waals surface area contributed by atoms with E-state index in [1.165, 1.54) is 4.90 Å². The largest absolute Gasteiger partial charge is 0.352 e.